The van der Waals surface area contributed by atoms with Crippen molar-refractivity contribution in [1.29, 1.82) is 0 Å². The summed E-state index contributed by atoms with van der Waals surface area (Å²) in [7, 11) is 0. The molecule has 0 aliphatic heterocycles. The van der Waals surface area contributed by atoms with E-state index < -0.39 is 5.92 Å². The van der Waals surface area contributed by atoms with Gasteiger partial charge in [0.05, 0.1) is 12.2 Å². The molecule has 3 aromatic carbocycles. The molecule has 0 radical (unpaired) electrons. The van der Waals surface area contributed by atoms with Crippen LogP contribution in [0.5, 0.6) is 5.75 Å². The zero-order valence-electron chi connectivity index (χ0n) is 22.1. The molecule has 0 aromatic heterocycles. The van der Waals surface area contributed by atoms with Gasteiger partial charge in [-0.25, -0.2) is 4.79 Å². The Morgan fingerprint density at radius 3 is 2.24 bits per heavy atom. The van der Waals surface area contributed by atoms with Crippen molar-refractivity contribution in [3.8, 4) is 16.9 Å². The molecule has 0 aliphatic carbocycles. The van der Waals surface area contributed by atoms with Crippen LogP contribution in [0.2, 0.25) is 0 Å². The first-order chi connectivity index (χ1) is 18.0. The summed E-state index contributed by atoms with van der Waals surface area (Å²) in [5.41, 5.74) is 3.79. The van der Waals surface area contributed by atoms with Crippen molar-refractivity contribution in [3.05, 3.63) is 102 Å². The Morgan fingerprint density at radius 2 is 1.54 bits per heavy atom. The zero-order valence-corrected chi connectivity index (χ0v) is 22.1. The van der Waals surface area contributed by atoms with Gasteiger partial charge in [-0.15, -0.1) is 0 Å². The van der Waals surface area contributed by atoms with Crippen LogP contribution >= 0.6 is 0 Å². The van der Waals surface area contributed by atoms with Gasteiger partial charge in [-0.05, 0) is 59.5 Å². The van der Waals surface area contributed by atoms with Gasteiger partial charge in [0.1, 0.15) is 12.4 Å². The highest BCUT2D eigenvalue weighted by Gasteiger charge is 2.23. The highest BCUT2D eigenvalue weighted by atomic mass is 16.5. The molecule has 1 unspecified atom stereocenters. The Bertz CT molecular complexity index is 1150. The van der Waals surface area contributed by atoms with Crippen LogP contribution in [0.1, 0.15) is 84.6 Å². The fraction of sp³-hybridized carbons (Fsp3) is 0.333. The van der Waals surface area contributed by atoms with Gasteiger partial charge < -0.3 is 9.47 Å². The summed E-state index contributed by atoms with van der Waals surface area (Å²) in [4.78, 5) is 26.3. The first kappa shape index (κ1) is 27.9. The van der Waals surface area contributed by atoms with Crippen LogP contribution in [-0.4, -0.2) is 25.0 Å². The number of unbranched alkanes of at least 4 members (excludes halogenated alkanes) is 5. The molecule has 0 aliphatic rings. The second-order valence-electron chi connectivity index (χ2n) is 9.28. The first-order valence-electron chi connectivity index (χ1n) is 13.3. The Kier molecular flexibility index (Phi) is 11.2. The number of ketones is 1. The second kappa shape index (κ2) is 14.8. The van der Waals surface area contributed by atoms with E-state index in [0.29, 0.717) is 30.1 Å². The van der Waals surface area contributed by atoms with E-state index in [0.717, 1.165) is 29.5 Å². The highest BCUT2D eigenvalue weighted by Crippen LogP contribution is 2.33. The lowest BCUT2D eigenvalue weighted by molar-refractivity contribution is 0.0497. The molecule has 1 atom stereocenters. The number of Topliss-reactive ketones (excluding diaryl/α,β-unsaturated/α-hetero) is 1. The molecule has 194 valence electrons. The van der Waals surface area contributed by atoms with E-state index in [1.54, 1.807) is 36.4 Å². The molecule has 4 nitrogen and oxygen atoms in total. The molecule has 0 bridgehead atoms. The SMILES string of the molecule is C=CCOc1ccc(C(=O)C(C)c2cc(C(=O)OCCCCCCCC)ccc2-c2ccccc2)cc1. The molecule has 3 rings (SSSR count). The summed E-state index contributed by atoms with van der Waals surface area (Å²) in [5.74, 6) is -0.145. The molecular formula is C33H38O4. The Hall–Kier alpha value is -3.66. The lowest BCUT2D eigenvalue weighted by Gasteiger charge is -2.18. The van der Waals surface area contributed by atoms with Crippen molar-refractivity contribution < 1.29 is 19.1 Å². The Morgan fingerprint density at radius 1 is 0.865 bits per heavy atom. The monoisotopic (exact) mass is 498 g/mol. The molecule has 0 N–H and O–H groups in total. The van der Waals surface area contributed by atoms with Gasteiger partial charge in [0.2, 0.25) is 0 Å². The molecule has 0 heterocycles. The second-order valence-corrected chi connectivity index (χ2v) is 9.28. The lowest BCUT2D eigenvalue weighted by atomic mass is 9.85. The van der Waals surface area contributed by atoms with Gasteiger partial charge in [-0.2, -0.15) is 0 Å². The maximum absolute atomic E-state index is 13.5. The van der Waals surface area contributed by atoms with Gasteiger partial charge in [-0.1, -0.05) is 95.0 Å². The number of benzene rings is 3. The van der Waals surface area contributed by atoms with Crippen molar-refractivity contribution in [2.45, 2.75) is 58.3 Å². The van der Waals surface area contributed by atoms with Crippen molar-refractivity contribution >= 4 is 11.8 Å². The molecule has 0 saturated carbocycles. The minimum Gasteiger partial charge on any atom is -0.490 e. The van der Waals surface area contributed by atoms with E-state index in [1.165, 1.54) is 25.7 Å². The fourth-order valence-corrected chi connectivity index (χ4v) is 4.32. The number of carbonyl (C=O) groups is 2. The average molecular weight is 499 g/mol. The van der Waals surface area contributed by atoms with E-state index in [1.807, 2.05) is 49.4 Å². The molecule has 3 aromatic rings. The van der Waals surface area contributed by atoms with Crippen LogP contribution in [0.4, 0.5) is 0 Å². The van der Waals surface area contributed by atoms with Crippen LogP contribution in [0.3, 0.4) is 0 Å². The predicted molar refractivity (Wildman–Crippen MR) is 150 cm³/mol. The summed E-state index contributed by atoms with van der Waals surface area (Å²) in [6, 6.07) is 22.6. The van der Waals surface area contributed by atoms with E-state index >= 15 is 0 Å². The quantitative estimate of drug-likeness (QED) is 0.0913. The molecule has 0 amide bonds. The number of hydrogen-bond acceptors (Lipinski definition) is 4. The van der Waals surface area contributed by atoms with Gasteiger partial charge in [0.25, 0.3) is 0 Å². The number of carbonyl (C=O) groups excluding carboxylic acids is 2. The van der Waals surface area contributed by atoms with Gasteiger partial charge in [-0.3, -0.25) is 4.79 Å². The molecular weight excluding hydrogens is 460 g/mol. The van der Waals surface area contributed by atoms with Crippen molar-refractivity contribution in [3.63, 3.8) is 0 Å². The predicted octanol–water partition coefficient (Wildman–Crippen LogP) is 8.42. The number of hydrogen-bond donors (Lipinski definition) is 0. The molecule has 4 heteroatoms. The first-order valence-corrected chi connectivity index (χ1v) is 13.3. The fourth-order valence-electron chi connectivity index (χ4n) is 4.32. The van der Waals surface area contributed by atoms with Crippen LogP contribution in [0, 0.1) is 0 Å². The number of rotatable bonds is 15. The maximum atomic E-state index is 13.5. The van der Waals surface area contributed by atoms with E-state index in [4.69, 9.17) is 9.47 Å². The van der Waals surface area contributed by atoms with E-state index in [2.05, 4.69) is 13.5 Å². The molecule has 0 saturated heterocycles. The van der Waals surface area contributed by atoms with Crippen LogP contribution < -0.4 is 4.74 Å². The zero-order chi connectivity index (χ0) is 26.5. The lowest BCUT2D eigenvalue weighted by Crippen LogP contribution is -2.13. The summed E-state index contributed by atoms with van der Waals surface area (Å²) < 4.78 is 11.1. The smallest absolute Gasteiger partial charge is 0.338 e. The van der Waals surface area contributed by atoms with Crippen molar-refractivity contribution in [1.82, 2.24) is 0 Å². The topological polar surface area (TPSA) is 52.6 Å². The van der Waals surface area contributed by atoms with Crippen LogP contribution in [-0.2, 0) is 4.74 Å². The normalized spacial score (nSPS) is 11.5. The number of esters is 1. The minimum atomic E-state index is -0.457. The standard InChI is InChI=1S/C33H38O4/c1-4-6-7-8-9-13-23-37-33(35)28-18-21-30(26-14-11-10-12-15-26)31(24-28)25(3)32(34)27-16-19-29(20-17-27)36-22-5-2/h5,10-12,14-21,24-25H,2,4,6-9,13,22-23H2,1,3H3. The largest absolute Gasteiger partial charge is 0.490 e. The van der Waals surface area contributed by atoms with Crippen molar-refractivity contribution in [2.75, 3.05) is 13.2 Å². The van der Waals surface area contributed by atoms with E-state index in [9.17, 15) is 9.59 Å². The van der Waals surface area contributed by atoms with Crippen LogP contribution in [0.25, 0.3) is 11.1 Å². The minimum absolute atomic E-state index is 0.0231. The molecule has 37 heavy (non-hydrogen) atoms. The third-order valence-corrected chi connectivity index (χ3v) is 6.47. The highest BCUT2D eigenvalue weighted by molar-refractivity contribution is 6.02. The van der Waals surface area contributed by atoms with Gasteiger partial charge in [0, 0.05) is 11.5 Å². The van der Waals surface area contributed by atoms with Gasteiger partial charge in [0.15, 0.2) is 5.78 Å². The summed E-state index contributed by atoms with van der Waals surface area (Å²) >= 11 is 0. The third-order valence-electron chi connectivity index (χ3n) is 6.47. The summed E-state index contributed by atoms with van der Waals surface area (Å²) in [6.07, 6.45) is 8.47. The van der Waals surface area contributed by atoms with E-state index in [-0.39, 0.29) is 11.8 Å². The van der Waals surface area contributed by atoms with Gasteiger partial charge >= 0.3 is 5.97 Å². The average Bonchev–Trinajstić information content (AvgIpc) is 2.95. The number of ether oxygens (including phenoxy) is 2. The molecule has 0 fully saturated rings. The van der Waals surface area contributed by atoms with Crippen molar-refractivity contribution in [2.24, 2.45) is 0 Å². The Balaban J connectivity index is 1.78. The summed E-state index contributed by atoms with van der Waals surface area (Å²) in [5, 5.41) is 0. The van der Waals surface area contributed by atoms with Crippen LogP contribution in [0.15, 0.2) is 85.5 Å². The summed E-state index contributed by atoms with van der Waals surface area (Å²) in [6.45, 7) is 8.56. The Labute approximate surface area is 221 Å². The molecule has 0 spiro atoms. The third kappa shape index (κ3) is 8.18. The maximum Gasteiger partial charge on any atom is 0.338 e.